The molecule has 1 saturated carbocycles. The van der Waals surface area contributed by atoms with Crippen LogP contribution in [0.5, 0.6) is 0 Å². The smallest absolute Gasteiger partial charge is 0.433 e. The molecule has 4 nitrogen and oxygen atoms in total. The van der Waals surface area contributed by atoms with Gasteiger partial charge in [-0.3, -0.25) is 4.98 Å². The van der Waals surface area contributed by atoms with Crippen molar-refractivity contribution in [1.82, 2.24) is 4.98 Å². The predicted molar refractivity (Wildman–Crippen MR) is 53.8 cm³/mol. The quantitative estimate of drug-likeness (QED) is 0.866. The van der Waals surface area contributed by atoms with Crippen LogP contribution >= 0.6 is 0 Å². The molecule has 2 rings (SSSR count). The van der Waals surface area contributed by atoms with Gasteiger partial charge in [0.1, 0.15) is 5.69 Å². The van der Waals surface area contributed by atoms with E-state index in [1.807, 2.05) is 0 Å². The molecule has 1 aromatic rings. The Balaban J connectivity index is 2.50. The summed E-state index contributed by atoms with van der Waals surface area (Å²) in [6.07, 6.45) is -5.10. The third-order valence-electron chi connectivity index (χ3n) is 3.16. The number of aliphatic hydroxyl groups excluding tert-OH is 1. The Morgan fingerprint density at radius 1 is 1.44 bits per heavy atom. The second kappa shape index (κ2) is 3.94. The first-order valence-corrected chi connectivity index (χ1v) is 5.22. The minimum absolute atomic E-state index is 0.204. The van der Waals surface area contributed by atoms with Gasteiger partial charge in [-0.15, -0.1) is 0 Å². The van der Waals surface area contributed by atoms with E-state index in [0.29, 0.717) is 0 Å². The van der Waals surface area contributed by atoms with E-state index in [-0.39, 0.29) is 18.4 Å². The van der Waals surface area contributed by atoms with E-state index in [0.717, 1.165) is 6.20 Å². The van der Waals surface area contributed by atoms with Crippen LogP contribution in [-0.4, -0.2) is 27.3 Å². The van der Waals surface area contributed by atoms with Crippen molar-refractivity contribution in [1.29, 1.82) is 0 Å². The van der Waals surface area contributed by atoms with E-state index < -0.39 is 29.4 Å². The lowest BCUT2D eigenvalue weighted by Gasteiger charge is -2.22. The van der Waals surface area contributed by atoms with Crippen molar-refractivity contribution in [2.45, 2.75) is 30.5 Å². The van der Waals surface area contributed by atoms with Crippen LogP contribution in [0.3, 0.4) is 0 Å². The van der Waals surface area contributed by atoms with Gasteiger partial charge in [0.15, 0.2) is 6.10 Å². The molecule has 18 heavy (non-hydrogen) atoms. The Morgan fingerprint density at radius 3 is 2.50 bits per heavy atom. The number of aliphatic carboxylic acids is 1. The van der Waals surface area contributed by atoms with E-state index in [4.69, 9.17) is 5.11 Å². The molecule has 1 aliphatic carbocycles. The molecule has 1 atom stereocenters. The largest absolute Gasteiger partial charge is 0.479 e. The number of hydrogen-bond donors (Lipinski definition) is 2. The lowest BCUT2D eigenvalue weighted by atomic mass is 9.88. The van der Waals surface area contributed by atoms with Crippen LogP contribution in [-0.2, 0) is 16.4 Å². The normalized spacial score (nSPS) is 19.3. The molecule has 0 aromatic carbocycles. The molecule has 1 unspecified atom stereocenters. The van der Waals surface area contributed by atoms with Crippen LogP contribution in [0, 0.1) is 0 Å². The summed E-state index contributed by atoms with van der Waals surface area (Å²) in [7, 11) is 0. The van der Waals surface area contributed by atoms with Gasteiger partial charge in [-0.05, 0) is 24.5 Å². The number of rotatable bonds is 3. The number of halogens is 3. The fraction of sp³-hybridized carbons (Fsp3) is 0.455. The van der Waals surface area contributed by atoms with Gasteiger partial charge in [0.05, 0.1) is 0 Å². The van der Waals surface area contributed by atoms with Crippen molar-refractivity contribution < 1.29 is 28.2 Å². The fourth-order valence-electron chi connectivity index (χ4n) is 2.09. The van der Waals surface area contributed by atoms with Crippen LogP contribution in [0.2, 0.25) is 0 Å². The molecule has 0 bridgehead atoms. The second-order valence-corrected chi connectivity index (χ2v) is 4.29. The van der Waals surface area contributed by atoms with E-state index in [1.54, 1.807) is 0 Å². The summed E-state index contributed by atoms with van der Waals surface area (Å²) >= 11 is 0. The molecule has 1 aliphatic rings. The van der Waals surface area contributed by atoms with Gasteiger partial charge in [0.25, 0.3) is 0 Å². The van der Waals surface area contributed by atoms with Gasteiger partial charge in [-0.25, -0.2) is 4.79 Å². The topological polar surface area (TPSA) is 70.4 Å². The summed E-state index contributed by atoms with van der Waals surface area (Å²) in [5.74, 6) is -1.52. The molecule has 2 N–H and O–H groups in total. The zero-order valence-corrected chi connectivity index (χ0v) is 9.11. The van der Waals surface area contributed by atoms with Gasteiger partial charge in [0.2, 0.25) is 0 Å². The number of pyridine rings is 1. The molecule has 0 amide bonds. The van der Waals surface area contributed by atoms with Crippen molar-refractivity contribution in [2.24, 2.45) is 0 Å². The summed E-state index contributed by atoms with van der Waals surface area (Å²) < 4.78 is 38.3. The first kappa shape index (κ1) is 12.8. The zero-order valence-electron chi connectivity index (χ0n) is 9.11. The highest BCUT2D eigenvalue weighted by molar-refractivity contribution is 5.75. The van der Waals surface area contributed by atoms with Crippen LogP contribution in [0.1, 0.15) is 24.1 Å². The summed E-state index contributed by atoms with van der Waals surface area (Å²) in [5.41, 5.74) is -2.72. The monoisotopic (exact) mass is 261 g/mol. The van der Waals surface area contributed by atoms with Crippen molar-refractivity contribution in [3.63, 3.8) is 0 Å². The minimum atomic E-state index is -4.66. The lowest BCUT2D eigenvalue weighted by Crippen LogP contribution is -2.35. The van der Waals surface area contributed by atoms with Gasteiger partial charge >= 0.3 is 12.1 Å². The zero-order chi connectivity index (χ0) is 13.6. The molecule has 0 radical (unpaired) electrons. The van der Waals surface area contributed by atoms with Crippen LogP contribution in [0.15, 0.2) is 18.3 Å². The minimum Gasteiger partial charge on any atom is -0.479 e. The maximum atomic E-state index is 12.8. The maximum absolute atomic E-state index is 12.8. The molecule has 7 heteroatoms. The highest BCUT2D eigenvalue weighted by Gasteiger charge is 2.57. The van der Waals surface area contributed by atoms with Crippen molar-refractivity contribution in [2.75, 3.05) is 0 Å². The first-order valence-electron chi connectivity index (χ1n) is 5.22. The molecule has 1 heterocycles. The van der Waals surface area contributed by atoms with Gasteiger partial charge in [0, 0.05) is 11.6 Å². The van der Waals surface area contributed by atoms with E-state index in [1.165, 1.54) is 12.1 Å². The maximum Gasteiger partial charge on any atom is 0.433 e. The molecule has 0 spiro atoms. The van der Waals surface area contributed by atoms with Crippen molar-refractivity contribution in [3.05, 3.63) is 29.6 Å². The fourth-order valence-corrected chi connectivity index (χ4v) is 2.09. The Kier molecular flexibility index (Phi) is 2.81. The Bertz CT molecular complexity index is 483. The molecule has 0 aliphatic heterocycles. The average molecular weight is 261 g/mol. The van der Waals surface area contributed by atoms with Gasteiger partial charge in [-0.2, -0.15) is 13.2 Å². The number of aliphatic hydroxyl groups is 1. The third-order valence-corrected chi connectivity index (χ3v) is 3.16. The highest BCUT2D eigenvalue weighted by atomic mass is 19.4. The van der Waals surface area contributed by atoms with E-state index in [2.05, 4.69) is 4.98 Å². The molecule has 1 fully saturated rings. The molecule has 0 saturated heterocycles. The molecule has 98 valence electrons. The summed E-state index contributed by atoms with van der Waals surface area (Å²) in [6.45, 7) is 0. The van der Waals surface area contributed by atoms with Gasteiger partial charge in [-0.1, -0.05) is 6.07 Å². The SMILES string of the molecule is O=C(O)C(O)C1(c2cccnc2C(F)(F)F)CC1. The Labute approximate surface area is 100 Å². The van der Waals surface area contributed by atoms with Crippen LogP contribution in [0.25, 0.3) is 0 Å². The first-order chi connectivity index (χ1) is 8.29. The standard InChI is InChI=1S/C11H10F3NO3/c12-11(13,14)7-6(2-1-5-15-7)10(3-4-10)8(16)9(17)18/h1-2,5,8,16H,3-4H2,(H,17,18). The summed E-state index contributed by atoms with van der Waals surface area (Å²) in [6, 6.07) is 2.48. The molecular weight excluding hydrogens is 251 g/mol. The van der Waals surface area contributed by atoms with E-state index >= 15 is 0 Å². The summed E-state index contributed by atoms with van der Waals surface area (Å²) in [5, 5.41) is 18.3. The molecule has 1 aromatic heterocycles. The number of nitrogens with zero attached hydrogens (tertiary/aromatic N) is 1. The second-order valence-electron chi connectivity index (χ2n) is 4.29. The number of carbonyl (C=O) groups is 1. The third kappa shape index (κ3) is 1.94. The Morgan fingerprint density at radius 2 is 2.06 bits per heavy atom. The number of alkyl halides is 3. The number of carboxylic acids is 1. The average Bonchev–Trinajstić information content (AvgIpc) is 3.08. The number of hydrogen-bond acceptors (Lipinski definition) is 3. The predicted octanol–water partition coefficient (Wildman–Crippen LogP) is 1.58. The van der Waals surface area contributed by atoms with E-state index in [9.17, 15) is 23.1 Å². The van der Waals surface area contributed by atoms with Crippen LogP contribution < -0.4 is 0 Å². The van der Waals surface area contributed by atoms with Crippen molar-refractivity contribution in [3.8, 4) is 0 Å². The Hall–Kier alpha value is -1.63. The number of aromatic nitrogens is 1. The van der Waals surface area contributed by atoms with Crippen molar-refractivity contribution >= 4 is 5.97 Å². The highest BCUT2D eigenvalue weighted by Crippen LogP contribution is 2.53. The van der Waals surface area contributed by atoms with Gasteiger partial charge < -0.3 is 10.2 Å². The lowest BCUT2D eigenvalue weighted by molar-refractivity contribution is -0.150. The number of carboxylic acid groups (broad SMARTS) is 1. The van der Waals surface area contributed by atoms with Crippen LogP contribution in [0.4, 0.5) is 13.2 Å². The molecular formula is C11H10F3NO3. The summed E-state index contributed by atoms with van der Waals surface area (Å²) in [4.78, 5) is 14.0.